The van der Waals surface area contributed by atoms with Gasteiger partial charge >= 0.3 is 0 Å². The summed E-state index contributed by atoms with van der Waals surface area (Å²) >= 11 is 0. The van der Waals surface area contributed by atoms with E-state index in [9.17, 15) is 16.8 Å². The van der Waals surface area contributed by atoms with Crippen LogP contribution in [0.15, 0.2) is 9.81 Å². The Morgan fingerprint density at radius 2 is 1.20 bits per heavy atom. The molecule has 0 spiro atoms. The minimum atomic E-state index is -3.91. The third-order valence-corrected chi connectivity index (χ3v) is 5.93. The highest BCUT2D eigenvalue weighted by Crippen LogP contribution is 2.40. The molecular weight excluding hydrogens is 238 g/mol. The van der Waals surface area contributed by atoms with Crippen LogP contribution in [0.5, 0.6) is 0 Å². The van der Waals surface area contributed by atoms with Crippen molar-refractivity contribution in [2.45, 2.75) is 39.5 Å². The maximum absolute atomic E-state index is 11.4. The molecule has 0 saturated carbocycles. The van der Waals surface area contributed by atoms with E-state index in [4.69, 9.17) is 0 Å². The van der Waals surface area contributed by atoms with Crippen LogP contribution in [-0.2, 0) is 20.0 Å². The molecule has 0 N–H and O–H groups in total. The Kier molecular flexibility index (Phi) is 3.57. The fraction of sp³-hybridized carbons (Fsp3) is 0.750. The summed E-state index contributed by atoms with van der Waals surface area (Å²) in [5.41, 5.74) is 0. The third-order valence-electron chi connectivity index (χ3n) is 2.08. The van der Waals surface area contributed by atoms with Crippen LogP contribution in [0.2, 0.25) is 0 Å². The van der Waals surface area contributed by atoms with Crippen LogP contribution < -0.4 is 0 Å². The van der Waals surface area contributed by atoms with Crippen molar-refractivity contribution in [2.75, 3.05) is 0 Å². The second-order valence-corrected chi connectivity index (χ2v) is 6.85. The van der Waals surface area contributed by atoms with Gasteiger partial charge in [-0.3, -0.25) is 0 Å². The lowest BCUT2D eigenvalue weighted by Crippen LogP contribution is -1.96. The fourth-order valence-corrected chi connectivity index (χ4v) is 5.59. The van der Waals surface area contributed by atoms with Crippen molar-refractivity contribution in [3.63, 3.8) is 0 Å². The van der Waals surface area contributed by atoms with Crippen molar-refractivity contribution in [3.8, 4) is 0 Å². The van der Waals surface area contributed by atoms with Crippen molar-refractivity contribution in [3.05, 3.63) is 13.9 Å². The van der Waals surface area contributed by atoms with E-state index in [-0.39, 0.29) is 22.7 Å². The zero-order valence-electron chi connectivity index (χ0n) is 8.73. The predicted octanol–water partition coefficient (Wildman–Crippen LogP) is 1.85. The second-order valence-electron chi connectivity index (χ2n) is 3.37. The summed E-state index contributed by atoms with van der Waals surface area (Å²) < 4.78 is 48.7. The quantitative estimate of drug-likeness (QED) is 0.764. The Balaban J connectivity index is 3.33. The van der Waals surface area contributed by atoms with Gasteiger partial charge in [-0.2, -0.15) is 0 Å². The van der Waals surface area contributed by atoms with E-state index in [1.807, 2.05) is 0 Å². The van der Waals surface area contributed by atoms with Gasteiger partial charge in [0.25, 0.3) is 0 Å². The van der Waals surface area contributed by atoms with Crippen LogP contribution in [0, 0.1) is 0 Å². The topological polar surface area (TPSA) is 82.4 Å². The van der Waals surface area contributed by atoms with Crippen LogP contribution in [0.4, 0.5) is 0 Å². The summed E-state index contributed by atoms with van der Waals surface area (Å²) in [6.07, 6.45) is 1.68. The minimum absolute atomic E-state index is 0.00755. The summed E-state index contributed by atoms with van der Waals surface area (Å²) in [5.74, 6) is 0. The van der Waals surface area contributed by atoms with E-state index in [0.29, 0.717) is 12.8 Å². The van der Waals surface area contributed by atoms with Gasteiger partial charge in [0.1, 0.15) is 20.0 Å². The lowest BCUT2D eigenvalue weighted by molar-refractivity contribution is 0.604. The highest BCUT2D eigenvalue weighted by Gasteiger charge is 2.29. The van der Waals surface area contributed by atoms with Crippen molar-refractivity contribution in [1.82, 2.24) is 0 Å². The van der Waals surface area contributed by atoms with Gasteiger partial charge in [-0.1, -0.05) is 26.7 Å². The number of hydrogen-bond acceptors (Lipinski definition) is 4. The van der Waals surface area contributed by atoms with E-state index in [1.165, 1.54) is 0 Å². The molecule has 0 saturated heterocycles. The smallest absolute Gasteiger partial charge is 0.109 e. The molecule has 1 rings (SSSR count). The van der Waals surface area contributed by atoms with Crippen molar-refractivity contribution in [1.29, 1.82) is 0 Å². The van der Waals surface area contributed by atoms with E-state index in [2.05, 4.69) is 4.13 Å². The molecular formula is C8H14NO4S2-. The number of allylic oxidation sites excluding steroid dienone is 2. The summed E-state index contributed by atoms with van der Waals surface area (Å²) in [6, 6.07) is 0. The van der Waals surface area contributed by atoms with Crippen LogP contribution >= 0.6 is 0 Å². The van der Waals surface area contributed by atoms with Crippen molar-refractivity contribution >= 4 is 20.0 Å². The molecule has 0 fully saturated rings. The van der Waals surface area contributed by atoms with Crippen molar-refractivity contribution in [2.24, 2.45) is 0 Å². The molecule has 0 aromatic rings. The van der Waals surface area contributed by atoms with Gasteiger partial charge in [-0.25, -0.2) is 16.8 Å². The van der Waals surface area contributed by atoms with Gasteiger partial charge in [0.15, 0.2) is 0 Å². The molecule has 1 heterocycles. The highest BCUT2D eigenvalue weighted by atomic mass is 32.3. The molecule has 15 heavy (non-hydrogen) atoms. The molecule has 88 valence electrons. The molecule has 7 heteroatoms. The van der Waals surface area contributed by atoms with Crippen LogP contribution in [0.25, 0.3) is 4.13 Å². The first kappa shape index (κ1) is 12.7. The van der Waals surface area contributed by atoms with Gasteiger partial charge in [-0.15, -0.1) is 0 Å². The largest absolute Gasteiger partial charge is 0.428 e. The molecule has 0 unspecified atom stereocenters. The van der Waals surface area contributed by atoms with Crippen molar-refractivity contribution < 1.29 is 16.8 Å². The van der Waals surface area contributed by atoms with E-state index in [1.54, 1.807) is 13.8 Å². The standard InChI is InChI=1S/C8H14NO4S2/c1-3-5-7-8(6-4-2)15(12,13)9-14(7,10)11/h3-6H2,1-2H3/q-1. The molecule has 0 bridgehead atoms. The first-order chi connectivity index (χ1) is 6.85. The normalized spacial score (nSPS) is 23.3. The predicted molar refractivity (Wildman–Crippen MR) is 58.0 cm³/mol. The Morgan fingerprint density at radius 1 is 0.867 bits per heavy atom. The molecule has 0 aliphatic carbocycles. The van der Waals surface area contributed by atoms with Gasteiger partial charge in [-0.05, 0) is 12.8 Å². The zero-order chi connectivity index (χ0) is 11.7. The first-order valence-electron chi connectivity index (χ1n) is 4.81. The minimum Gasteiger partial charge on any atom is -0.428 e. The Bertz CT molecular complexity index is 429. The molecule has 0 aromatic heterocycles. The van der Waals surface area contributed by atoms with Gasteiger partial charge in [0, 0.05) is 9.81 Å². The number of sulfonamides is 2. The lowest BCUT2D eigenvalue weighted by Gasteiger charge is -2.09. The Labute approximate surface area is 90.7 Å². The van der Waals surface area contributed by atoms with Crippen LogP contribution in [-0.4, -0.2) is 16.8 Å². The van der Waals surface area contributed by atoms with E-state index in [0.717, 1.165) is 0 Å². The molecule has 0 atom stereocenters. The van der Waals surface area contributed by atoms with Gasteiger partial charge < -0.3 is 4.13 Å². The molecule has 5 nitrogen and oxygen atoms in total. The van der Waals surface area contributed by atoms with Gasteiger partial charge in [0.05, 0.1) is 0 Å². The first-order valence-corrected chi connectivity index (χ1v) is 7.69. The van der Waals surface area contributed by atoms with E-state index < -0.39 is 20.0 Å². The molecule has 1 aliphatic rings. The Hall–Kier alpha value is -0.400. The maximum atomic E-state index is 11.4. The fourth-order valence-electron chi connectivity index (χ4n) is 1.50. The zero-order valence-corrected chi connectivity index (χ0v) is 10.4. The summed E-state index contributed by atoms with van der Waals surface area (Å²) in [4.78, 5) is -0.0151. The maximum Gasteiger partial charge on any atom is 0.109 e. The lowest BCUT2D eigenvalue weighted by atomic mass is 10.2. The highest BCUT2D eigenvalue weighted by molar-refractivity contribution is 8.18. The van der Waals surface area contributed by atoms with E-state index >= 15 is 0 Å². The number of rotatable bonds is 4. The van der Waals surface area contributed by atoms with Gasteiger partial charge in [0.2, 0.25) is 0 Å². The van der Waals surface area contributed by atoms with Crippen LogP contribution in [0.1, 0.15) is 39.5 Å². The SMILES string of the molecule is CCCC1=C(CCC)S(=O)(=O)[N-]S1(=O)=O. The average molecular weight is 252 g/mol. The summed E-state index contributed by atoms with van der Waals surface area (Å²) in [7, 11) is -7.82. The third kappa shape index (κ3) is 2.40. The number of hydrogen-bond donors (Lipinski definition) is 0. The molecule has 1 aliphatic heterocycles. The number of nitrogens with zero attached hydrogens (tertiary/aromatic N) is 1. The van der Waals surface area contributed by atoms with Crippen LogP contribution in [0.3, 0.4) is 0 Å². The molecule has 0 amide bonds. The monoisotopic (exact) mass is 252 g/mol. The Morgan fingerprint density at radius 3 is 1.47 bits per heavy atom. The summed E-state index contributed by atoms with van der Waals surface area (Å²) in [6.45, 7) is 3.61. The average Bonchev–Trinajstić information content (AvgIpc) is 2.23. The second kappa shape index (κ2) is 4.23. The molecule has 0 aromatic carbocycles. The summed E-state index contributed by atoms with van der Waals surface area (Å²) in [5, 5.41) is 0. The molecule has 0 radical (unpaired) electrons.